The summed E-state index contributed by atoms with van der Waals surface area (Å²) in [5.41, 5.74) is 0.836. The highest BCUT2D eigenvalue weighted by Crippen LogP contribution is 2.24. The van der Waals surface area contributed by atoms with E-state index in [0.717, 1.165) is 17.3 Å². The standard InChI is InChI=1S/C13H15N5S/c1-9(10-4-3-7-19-10)16-12-13-15-5-6-18(13)8-11(14-2)17-12/h3-9,14H,1-2H3,(H,16,17). The van der Waals surface area contributed by atoms with E-state index in [9.17, 15) is 0 Å². The van der Waals surface area contributed by atoms with Gasteiger partial charge >= 0.3 is 0 Å². The van der Waals surface area contributed by atoms with Gasteiger partial charge < -0.3 is 15.0 Å². The molecular formula is C13H15N5S. The van der Waals surface area contributed by atoms with Gasteiger partial charge in [-0.25, -0.2) is 9.97 Å². The predicted octanol–water partition coefficient (Wildman–Crippen LogP) is 3.01. The van der Waals surface area contributed by atoms with Gasteiger partial charge in [-0.3, -0.25) is 0 Å². The lowest BCUT2D eigenvalue weighted by Crippen LogP contribution is -2.09. The number of imidazole rings is 1. The second-order valence-corrected chi connectivity index (χ2v) is 5.24. The van der Waals surface area contributed by atoms with Crippen LogP contribution in [0.5, 0.6) is 0 Å². The molecule has 0 aliphatic heterocycles. The fraction of sp³-hybridized carbons (Fsp3) is 0.231. The van der Waals surface area contributed by atoms with Crippen LogP contribution in [0.4, 0.5) is 11.6 Å². The SMILES string of the molecule is CNc1cn2ccnc2c(NC(C)c2cccs2)n1. The zero-order chi connectivity index (χ0) is 13.2. The quantitative estimate of drug-likeness (QED) is 0.767. The summed E-state index contributed by atoms with van der Waals surface area (Å²) in [4.78, 5) is 10.2. The Hall–Kier alpha value is -2.08. The van der Waals surface area contributed by atoms with E-state index < -0.39 is 0 Å². The Balaban J connectivity index is 1.97. The van der Waals surface area contributed by atoms with Crippen molar-refractivity contribution < 1.29 is 0 Å². The van der Waals surface area contributed by atoms with E-state index in [1.165, 1.54) is 4.88 Å². The number of fused-ring (bicyclic) bond motifs is 1. The largest absolute Gasteiger partial charge is 0.372 e. The summed E-state index contributed by atoms with van der Waals surface area (Å²) in [5.74, 6) is 1.60. The number of thiophene rings is 1. The van der Waals surface area contributed by atoms with Gasteiger partial charge in [-0.05, 0) is 18.4 Å². The summed E-state index contributed by atoms with van der Waals surface area (Å²) in [6, 6.07) is 4.38. The smallest absolute Gasteiger partial charge is 0.180 e. The Morgan fingerprint density at radius 1 is 1.42 bits per heavy atom. The molecule has 3 heterocycles. The molecule has 98 valence electrons. The van der Waals surface area contributed by atoms with Gasteiger partial charge in [0.05, 0.1) is 12.2 Å². The predicted molar refractivity (Wildman–Crippen MR) is 78.9 cm³/mol. The van der Waals surface area contributed by atoms with Crippen LogP contribution in [0.15, 0.2) is 36.1 Å². The highest BCUT2D eigenvalue weighted by atomic mass is 32.1. The van der Waals surface area contributed by atoms with Gasteiger partial charge in [-0.1, -0.05) is 6.07 Å². The third-order valence-electron chi connectivity index (χ3n) is 2.95. The van der Waals surface area contributed by atoms with Crippen LogP contribution < -0.4 is 10.6 Å². The zero-order valence-corrected chi connectivity index (χ0v) is 11.6. The Bertz CT molecular complexity index is 673. The summed E-state index contributed by atoms with van der Waals surface area (Å²) in [6.45, 7) is 2.12. The van der Waals surface area contributed by atoms with Crippen molar-refractivity contribution in [3.63, 3.8) is 0 Å². The van der Waals surface area contributed by atoms with Crippen LogP contribution >= 0.6 is 11.3 Å². The Kier molecular flexibility index (Phi) is 3.08. The number of aromatic nitrogens is 3. The summed E-state index contributed by atoms with van der Waals surface area (Å²) in [7, 11) is 1.86. The van der Waals surface area contributed by atoms with Crippen LogP contribution in [-0.4, -0.2) is 21.4 Å². The van der Waals surface area contributed by atoms with Crippen molar-refractivity contribution in [2.45, 2.75) is 13.0 Å². The number of rotatable bonds is 4. The van der Waals surface area contributed by atoms with Crippen LogP contribution in [0.3, 0.4) is 0 Å². The first kappa shape index (κ1) is 12.0. The molecule has 0 aromatic carbocycles. The molecule has 1 unspecified atom stereocenters. The number of anilines is 2. The molecule has 0 amide bonds. The summed E-state index contributed by atoms with van der Waals surface area (Å²) in [5, 5.41) is 8.56. The molecule has 0 spiro atoms. The van der Waals surface area contributed by atoms with Crippen molar-refractivity contribution in [2.24, 2.45) is 0 Å². The molecule has 0 aliphatic carbocycles. The molecule has 0 fully saturated rings. The molecule has 0 bridgehead atoms. The van der Waals surface area contributed by atoms with E-state index in [0.29, 0.717) is 0 Å². The van der Waals surface area contributed by atoms with E-state index >= 15 is 0 Å². The lowest BCUT2D eigenvalue weighted by atomic mass is 10.3. The Morgan fingerprint density at radius 2 is 2.32 bits per heavy atom. The van der Waals surface area contributed by atoms with Gasteiger partial charge in [0.25, 0.3) is 0 Å². The van der Waals surface area contributed by atoms with Crippen molar-refractivity contribution in [3.8, 4) is 0 Å². The average Bonchev–Trinajstić information content (AvgIpc) is 3.09. The fourth-order valence-electron chi connectivity index (χ4n) is 1.96. The fourth-order valence-corrected chi connectivity index (χ4v) is 2.70. The molecule has 1 atom stereocenters. The van der Waals surface area contributed by atoms with Crippen molar-refractivity contribution in [1.82, 2.24) is 14.4 Å². The minimum absolute atomic E-state index is 0.208. The van der Waals surface area contributed by atoms with Gasteiger partial charge in [-0.2, -0.15) is 0 Å². The van der Waals surface area contributed by atoms with Gasteiger partial charge in [-0.15, -0.1) is 11.3 Å². The molecule has 6 heteroatoms. The molecule has 0 aliphatic rings. The van der Waals surface area contributed by atoms with Crippen LogP contribution in [0.25, 0.3) is 5.65 Å². The van der Waals surface area contributed by atoms with E-state index in [4.69, 9.17) is 0 Å². The van der Waals surface area contributed by atoms with E-state index in [-0.39, 0.29) is 6.04 Å². The molecule has 19 heavy (non-hydrogen) atoms. The Labute approximate surface area is 115 Å². The van der Waals surface area contributed by atoms with Crippen LogP contribution in [0.2, 0.25) is 0 Å². The highest BCUT2D eigenvalue weighted by molar-refractivity contribution is 7.10. The van der Waals surface area contributed by atoms with Gasteiger partial charge in [0, 0.05) is 24.3 Å². The average molecular weight is 273 g/mol. The maximum absolute atomic E-state index is 4.54. The number of nitrogens with one attached hydrogen (secondary N) is 2. The maximum atomic E-state index is 4.54. The second kappa shape index (κ2) is 4.89. The van der Waals surface area contributed by atoms with Crippen molar-refractivity contribution >= 4 is 28.6 Å². The highest BCUT2D eigenvalue weighted by Gasteiger charge is 2.11. The lowest BCUT2D eigenvalue weighted by molar-refractivity contribution is 0.894. The Morgan fingerprint density at radius 3 is 3.05 bits per heavy atom. The lowest BCUT2D eigenvalue weighted by Gasteiger charge is -2.14. The molecule has 2 N–H and O–H groups in total. The molecule has 3 rings (SSSR count). The molecule has 0 radical (unpaired) electrons. The molecular weight excluding hydrogens is 258 g/mol. The normalized spacial score (nSPS) is 12.5. The van der Waals surface area contributed by atoms with Crippen molar-refractivity contribution in [1.29, 1.82) is 0 Å². The van der Waals surface area contributed by atoms with E-state index in [1.54, 1.807) is 17.5 Å². The number of hydrogen-bond donors (Lipinski definition) is 2. The third kappa shape index (κ3) is 2.26. The maximum Gasteiger partial charge on any atom is 0.180 e. The zero-order valence-electron chi connectivity index (χ0n) is 10.8. The van der Waals surface area contributed by atoms with Crippen LogP contribution in [0, 0.1) is 0 Å². The van der Waals surface area contributed by atoms with Crippen molar-refractivity contribution in [2.75, 3.05) is 17.7 Å². The minimum Gasteiger partial charge on any atom is -0.372 e. The number of nitrogens with zero attached hydrogens (tertiary/aromatic N) is 3. The van der Waals surface area contributed by atoms with Gasteiger partial charge in [0.1, 0.15) is 5.82 Å². The summed E-state index contributed by atoms with van der Waals surface area (Å²) in [6.07, 6.45) is 5.61. The van der Waals surface area contributed by atoms with Crippen LogP contribution in [-0.2, 0) is 0 Å². The first-order valence-electron chi connectivity index (χ1n) is 6.09. The molecule has 0 saturated heterocycles. The molecule has 5 nitrogen and oxygen atoms in total. The third-order valence-corrected chi connectivity index (χ3v) is 4.01. The summed E-state index contributed by atoms with van der Waals surface area (Å²) >= 11 is 1.73. The monoisotopic (exact) mass is 273 g/mol. The first-order valence-corrected chi connectivity index (χ1v) is 6.97. The van der Waals surface area contributed by atoms with Gasteiger partial charge in [0.15, 0.2) is 11.5 Å². The topological polar surface area (TPSA) is 54.2 Å². The molecule has 0 saturated carbocycles. The van der Waals surface area contributed by atoms with E-state index in [1.807, 2.05) is 23.8 Å². The number of hydrogen-bond acceptors (Lipinski definition) is 5. The molecule has 3 aromatic rings. The van der Waals surface area contributed by atoms with Crippen molar-refractivity contribution in [3.05, 3.63) is 41.0 Å². The van der Waals surface area contributed by atoms with Gasteiger partial charge in [0.2, 0.25) is 0 Å². The van der Waals surface area contributed by atoms with Crippen LogP contribution in [0.1, 0.15) is 17.8 Å². The first-order chi connectivity index (χ1) is 9.28. The minimum atomic E-state index is 0.208. The van der Waals surface area contributed by atoms with E-state index in [2.05, 4.69) is 45.0 Å². The summed E-state index contributed by atoms with van der Waals surface area (Å²) < 4.78 is 1.96. The molecule has 3 aromatic heterocycles. The second-order valence-electron chi connectivity index (χ2n) is 4.26.